The van der Waals surface area contributed by atoms with Crippen molar-refractivity contribution >= 4 is 10.9 Å². The number of nitrogens with one attached hydrogen (secondary N) is 1. The van der Waals surface area contributed by atoms with Crippen LogP contribution in [-0.2, 0) is 9.47 Å². The van der Waals surface area contributed by atoms with Crippen LogP contribution in [0.25, 0.3) is 22.0 Å². The second-order valence-electron chi connectivity index (χ2n) is 8.52. The maximum atomic E-state index is 6.27. The minimum Gasteiger partial charge on any atom is -0.490 e. The lowest BCUT2D eigenvalue weighted by atomic mass is 10.1. The Morgan fingerprint density at radius 3 is 2.93 bits per heavy atom. The molecule has 0 amide bonds. The molecule has 2 aliphatic heterocycles. The van der Waals surface area contributed by atoms with Gasteiger partial charge >= 0.3 is 0 Å². The zero-order chi connectivity index (χ0) is 19.8. The molecule has 0 spiro atoms. The van der Waals surface area contributed by atoms with E-state index >= 15 is 0 Å². The number of rotatable bonds is 5. The summed E-state index contributed by atoms with van der Waals surface area (Å²) in [6.07, 6.45) is 6.14. The van der Waals surface area contributed by atoms with Crippen molar-refractivity contribution < 1.29 is 14.2 Å². The molecular formula is C23H27N3O3. The molecule has 29 heavy (non-hydrogen) atoms. The predicted molar refractivity (Wildman–Crippen MR) is 112 cm³/mol. The molecule has 1 atom stereocenters. The third-order valence-corrected chi connectivity index (χ3v) is 5.61. The van der Waals surface area contributed by atoms with E-state index in [9.17, 15) is 0 Å². The molecule has 2 aromatic heterocycles. The SMILES string of the molecule is CC1(C)CNC[C@@H](COc2cc(-c3ccn(C4COC4)c3)cc3ncccc23)O1. The Balaban J connectivity index is 1.42. The van der Waals surface area contributed by atoms with Gasteiger partial charge in [0, 0.05) is 37.1 Å². The normalized spacial score (nSPS) is 21.8. The number of morpholine rings is 1. The summed E-state index contributed by atoms with van der Waals surface area (Å²) in [7, 11) is 0. The molecule has 152 valence electrons. The fraction of sp³-hybridized carbons (Fsp3) is 0.435. The molecule has 0 bridgehead atoms. The Kier molecular flexibility index (Phi) is 4.78. The van der Waals surface area contributed by atoms with E-state index in [4.69, 9.17) is 14.2 Å². The van der Waals surface area contributed by atoms with Crippen LogP contribution in [-0.4, -0.2) is 54.2 Å². The van der Waals surface area contributed by atoms with Crippen molar-refractivity contribution in [3.05, 3.63) is 48.9 Å². The molecule has 0 unspecified atom stereocenters. The number of fused-ring (bicyclic) bond motifs is 1. The van der Waals surface area contributed by atoms with Gasteiger partial charge in [0.1, 0.15) is 18.5 Å². The molecule has 2 saturated heterocycles. The van der Waals surface area contributed by atoms with Crippen molar-refractivity contribution in [2.45, 2.75) is 31.6 Å². The lowest BCUT2D eigenvalue weighted by Crippen LogP contribution is -2.52. The van der Waals surface area contributed by atoms with Gasteiger partial charge in [-0.1, -0.05) is 0 Å². The van der Waals surface area contributed by atoms with Crippen LogP contribution >= 0.6 is 0 Å². The summed E-state index contributed by atoms with van der Waals surface area (Å²) >= 11 is 0. The predicted octanol–water partition coefficient (Wildman–Crippen LogP) is 3.42. The highest BCUT2D eigenvalue weighted by atomic mass is 16.5. The van der Waals surface area contributed by atoms with E-state index in [1.165, 1.54) is 0 Å². The fourth-order valence-electron chi connectivity index (χ4n) is 3.99. The average Bonchev–Trinajstić information content (AvgIpc) is 3.13. The molecule has 4 heterocycles. The van der Waals surface area contributed by atoms with E-state index in [0.29, 0.717) is 12.6 Å². The monoisotopic (exact) mass is 393 g/mol. The number of aromatic nitrogens is 2. The van der Waals surface area contributed by atoms with Gasteiger partial charge in [0.15, 0.2) is 0 Å². The lowest BCUT2D eigenvalue weighted by molar-refractivity contribution is -0.106. The van der Waals surface area contributed by atoms with Gasteiger partial charge in [0.05, 0.1) is 30.4 Å². The van der Waals surface area contributed by atoms with Crippen molar-refractivity contribution in [1.82, 2.24) is 14.9 Å². The summed E-state index contributed by atoms with van der Waals surface area (Å²) in [5, 5.41) is 4.45. The summed E-state index contributed by atoms with van der Waals surface area (Å²) in [4.78, 5) is 4.56. The maximum absolute atomic E-state index is 6.27. The average molecular weight is 393 g/mol. The number of hydrogen-bond donors (Lipinski definition) is 1. The second-order valence-corrected chi connectivity index (χ2v) is 8.52. The Morgan fingerprint density at radius 2 is 2.14 bits per heavy atom. The third-order valence-electron chi connectivity index (χ3n) is 5.61. The molecule has 0 aliphatic carbocycles. The quantitative estimate of drug-likeness (QED) is 0.720. The smallest absolute Gasteiger partial charge is 0.129 e. The van der Waals surface area contributed by atoms with Crippen LogP contribution in [0.1, 0.15) is 19.9 Å². The van der Waals surface area contributed by atoms with Crippen LogP contribution in [0, 0.1) is 0 Å². The van der Waals surface area contributed by atoms with E-state index in [1.54, 1.807) is 0 Å². The Bertz CT molecular complexity index is 1010. The third kappa shape index (κ3) is 3.88. The molecule has 0 radical (unpaired) electrons. The van der Waals surface area contributed by atoms with E-state index < -0.39 is 0 Å². The van der Waals surface area contributed by atoms with Crippen LogP contribution in [0.2, 0.25) is 0 Å². The first-order valence-electron chi connectivity index (χ1n) is 10.2. The van der Waals surface area contributed by atoms with E-state index in [0.717, 1.165) is 54.1 Å². The lowest BCUT2D eigenvalue weighted by Gasteiger charge is -2.36. The number of benzene rings is 1. The molecule has 6 heteroatoms. The number of nitrogens with zero attached hydrogens (tertiary/aromatic N) is 2. The number of hydrogen-bond acceptors (Lipinski definition) is 5. The van der Waals surface area contributed by atoms with Crippen LogP contribution in [0.4, 0.5) is 0 Å². The van der Waals surface area contributed by atoms with Gasteiger partial charge in [0.2, 0.25) is 0 Å². The molecular weight excluding hydrogens is 366 g/mol. The Morgan fingerprint density at radius 1 is 1.24 bits per heavy atom. The molecule has 2 aliphatic rings. The minimum atomic E-state index is -0.175. The second kappa shape index (κ2) is 7.44. The molecule has 0 saturated carbocycles. The first-order valence-corrected chi connectivity index (χ1v) is 10.2. The van der Waals surface area contributed by atoms with Gasteiger partial charge < -0.3 is 24.1 Å². The molecule has 1 N–H and O–H groups in total. The summed E-state index contributed by atoms with van der Waals surface area (Å²) in [5.41, 5.74) is 3.02. The summed E-state index contributed by atoms with van der Waals surface area (Å²) in [5.74, 6) is 0.845. The molecule has 3 aromatic rings. The van der Waals surface area contributed by atoms with Crippen molar-refractivity contribution in [3.63, 3.8) is 0 Å². The van der Waals surface area contributed by atoms with Gasteiger partial charge in [-0.25, -0.2) is 0 Å². The highest BCUT2D eigenvalue weighted by Gasteiger charge is 2.28. The molecule has 6 nitrogen and oxygen atoms in total. The van der Waals surface area contributed by atoms with Gasteiger partial charge in [-0.15, -0.1) is 0 Å². The van der Waals surface area contributed by atoms with Crippen molar-refractivity contribution in [1.29, 1.82) is 0 Å². The van der Waals surface area contributed by atoms with E-state index in [-0.39, 0.29) is 11.7 Å². The van der Waals surface area contributed by atoms with Crippen molar-refractivity contribution in [2.24, 2.45) is 0 Å². The first kappa shape index (κ1) is 18.6. The highest BCUT2D eigenvalue weighted by molar-refractivity contribution is 5.90. The summed E-state index contributed by atoms with van der Waals surface area (Å²) < 4.78 is 20.0. The molecule has 1 aromatic carbocycles. The van der Waals surface area contributed by atoms with Crippen LogP contribution in [0.3, 0.4) is 0 Å². The van der Waals surface area contributed by atoms with Crippen LogP contribution < -0.4 is 10.1 Å². The standard InChI is InChI=1S/C23H27N3O3/c1-23(2)15-24-10-19(29-23)14-28-22-9-17(8-21-20(22)4-3-6-25-21)16-5-7-26(11-16)18-12-27-13-18/h3-9,11,18-19,24H,10,12-15H2,1-2H3/t19-/m0/s1. The summed E-state index contributed by atoms with van der Waals surface area (Å²) in [6.45, 7) is 7.93. The van der Waals surface area contributed by atoms with Gasteiger partial charge in [-0.05, 0) is 55.3 Å². The van der Waals surface area contributed by atoms with Crippen LogP contribution in [0.5, 0.6) is 5.75 Å². The Labute approximate surface area is 170 Å². The first-order chi connectivity index (χ1) is 14.1. The number of pyridine rings is 1. The van der Waals surface area contributed by atoms with E-state index in [1.807, 2.05) is 12.3 Å². The van der Waals surface area contributed by atoms with Gasteiger partial charge in [-0.2, -0.15) is 0 Å². The maximum Gasteiger partial charge on any atom is 0.129 e. The van der Waals surface area contributed by atoms with Gasteiger partial charge in [-0.3, -0.25) is 4.98 Å². The fourth-order valence-corrected chi connectivity index (χ4v) is 3.99. The molecule has 5 rings (SSSR count). The topological polar surface area (TPSA) is 57.5 Å². The Hall–Kier alpha value is -2.41. The molecule has 2 fully saturated rings. The zero-order valence-electron chi connectivity index (χ0n) is 16.9. The van der Waals surface area contributed by atoms with Crippen molar-refractivity contribution in [3.8, 4) is 16.9 Å². The van der Waals surface area contributed by atoms with Gasteiger partial charge in [0.25, 0.3) is 0 Å². The highest BCUT2D eigenvalue weighted by Crippen LogP contribution is 2.33. The largest absolute Gasteiger partial charge is 0.490 e. The summed E-state index contributed by atoms with van der Waals surface area (Å²) in [6, 6.07) is 10.8. The number of ether oxygens (including phenoxy) is 3. The zero-order valence-corrected chi connectivity index (χ0v) is 16.9. The minimum absolute atomic E-state index is 0.0221. The van der Waals surface area contributed by atoms with E-state index in [2.05, 4.69) is 65.4 Å². The van der Waals surface area contributed by atoms with Crippen LogP contribution in [0.15, 0.2) is 48.9 Å². The van der Waals surface area contributed by atoms with Crippen molar-refractivity contribution in [2.75, 3.05) is 32.9 Å².